The molecule has 2 fully saturated rings. The number of ether oxygens (including phenoxy) is 3. The molecule has 20 heavy (non-hydrogen) atoms. The van der Waals surface area contributed by atoms with Crippen molar-refractivity contribution >= 4 is 0 Å². The van der Waals surface area contributed by atoms with E-state index in [-0.39, 0.29) is 12.2 Å². The van der Waals surface area contributed by atoms with Gasteiger partial charge in [-0.15, -0.1) is 0 Å². The van der Waals surface area contributed by atoms with Crippen LogP contribution in [0.5, 0.6) is 0 Å². The minimum atomic E-state index is 0.222. The number of hydrogen-bond acceptors (Lipinski definition) is 4. The van der Waals surface area contributed by atoms with Crippen molar-refractivity contribution in [3.8, 4) is 0 Å². The minimum absolute atomic E-state index is 0.222. The van der Waals surface area contributed by atoms with Gasteiger partial charge in [-0.1, -0.05) is 6.92 Å². The van der Waals surface area contributed by atoms with Crippen LogP contribution in [0.4, 0.5) is 0 Å². The lowest BCUT2D eigenvalue weighted by Crippen LogP contribution is -2.61. The average Bonchev–Trinajstić information content (AvgIpc) is 2.38. The molecule has 0 amide bonds. The molecule has 0 spiro atoms. The Morgan fingerprint density at radius 1 is 1.10 bits per heavy atom. The Labute approximate surface area is 123 Å². The second kappa shape index (κ2) is 7.74. The summed E-state index contributed by atoms with van der Waals surface area (Å²) in [6.45, 7) is 10.4. The van der Waals surface area contributed by atoms with Crippen LogP contribution in [0.1, 0.15) is 53.4 Å². The van der Waals surface area contributed by atoms with Gasteiger partial charge >= 0.3 is 0 Å². The predicted octanol–water partition coefficient (Wildman–Crippen LogP) is 2.50. The molecule has 0 aromatic rings. The first-order valence-corrected chi connectivity index (χ1v) is 8.29. The minimum Gasteiger partial charge on any atom is -0.375 e. The molecule has 1 saturated carbocycles. The fourth-order valence-electron chi connectivity index (χ4n) is 3.36. The highest BCUT2D eigenvalue weighted by Gasteiger charge is 2.44. The van der Waals surface area contributed by atoms with E-state index >= 15 is 0 Å². The second-order valence-corrected chi connectivity index (χ2v) is 6.24. The van der Waals surface area contributed by atoms with Crippen LogP contribution < -0.4 is 5.32 Å². The summed E-state index contributed by atoms with van der Waals surface area (Å²) < 4.78 is 17.9. The maximum Gasteiger partial charge on any atom is 0.0990 e. The lowest BCUT2D eigenvalue weighted by molar-refractivity contribution is -0.192. The molecule has 118 valence electrons. The van der Waals surface area contributed by atoms with Crippen molar-refractivity contribution in [1.29, 1.82) is 0 Å². The number of hydrogen-bond donors (Lipinski definition) is 1. The van der Waals surface area contributed by atoms with Crippen LogP contribution in [0.2, 0.25) is 0 Å². The molecule has 5 atom stereocenters. The number of nitrogens with one attached hydrogen (secondary N) is 1. The Balaban J connectivity index is 1.80. The Morgan fingerprint density at radius 2 is 1.80 bits per heavy atom. The van der Waals surface area contributed by atoms with E-state index in [2.05, 4.69) is 33.0 Å². The van der Waals surface area contributed by atoms with E-state index < -0.39 is 0 Å². The Morgan fingerprint density at radius 3 is 2.40 bits per heavy atom. The van der Waals surface area contributed by atoms with Gasteiger partial charge in [0.2, 0.25) is 0 Å². The van der Waals surface area contributed by atoms with Gasteiger partial charge < -0.3 is 19.5 Å². The Bertz CT molecular complexity index is 277. The monoisotopic (exact) mass is 285 g/mol. The van der Waals surface area contributed by atoms with Gasteiger partial charge in [0, 0.05) is 12.6 Å². The highest BCUT2D eigenvalue weighted by Crippen LogP contribution is 2.32. The molecule has 1 aliphatic carbocycles. The summed E-state index contributed by atoms with van der Waals surface area (Å²) in [5, 5.41) is 3.56. The first kappa shape index (κ1) is 16.2. The molecule has 0 radical (unpaired) electrons. The van der Waals surface area contributed by atoms with Crippen LogP contribution in [-0.4, -0.2) is 49.7 Å². The van der Waals surface area contributed by atoms with Crippen molar-refractivity contribution < 1.29 is 14.2 Å². The largest absolute Gasteiger partial charge is 0.375 e. The normalized spacial score (nSPS) is 41.4. The summed E-state index contributed by atoms with van der Waals surface area (Å²) in [5.41, 5.74) is 0. The van der Waals surface area contributed by atoms with E-state index in [1.807, 2.05) is 0 Å². The maximum absolute atomic E-state index is 6.30. The van der Waals surface area contributed by atoms with Crippen LogP contribution in [0.15, 0.2) is 0 Å². The molecule has 1 heterocycles. The third-order valence-electron chi connectivity index (χ3n) is 4.29. The van der Waals surface area contributed by atoms with Crippen LogP contribution in [0.25, 0.3) is 0 Å². The van der Waals surface area contributed by atoms with Crippen molar-refractivity contribution in [1.82, 2.24) is 5.32 Å². The lowest BCUT2D eigenvalue weighted by Gasteiger charge is -2.46. The van der Waals surface area contributed by atoms with Gasteiger partial charge in [-0.2, -0.15) is 0 Å². The highest BCUT2D eigenvalue weighted by atomic mass is 16.6. The van der Waals surface area contributed by atoms with Crippen molar-refractivity contribution in [2.45, 2.75) is 89.9 Å². The van der Waals surface area contributed by atoms with Gasteiger partial charge in [0.25, 0.3) is 0 Å². The first-order valence-electron chi connectivity index (χ1n) is 8.29. The summed E-state index contributed by atoms with van der Waals surface area (Å²) in [5.74, 6) is 0. The summed E-state index contributed by atoms with van der Waals surface area (Å²) in [4.78, 5) is 0. The van der Waals surface area contributed by atoms with Crippen molar-refractivity contribution in [2.75, 3.05) is 13.2 Å². The lowest BCUT2D eigenvalue weighted by atomic mass is 9.84. The summed E-state index contributed by atoms with van der Waals surface area (Å²) in [7, 11) is 0. The standard InChI is InChI=1S/C16H31NO3/c1-5-7-17-14-10-15(16(14)18-6-2)20-13-8-11(3)19-12(4)9-13/h11-17H,5-10H2,1-4H3. The molecular formula is C16H31NO3. The fourth-order valence-corrected chi connectivity index (χ4v) is 3.36. The first-order chi connectivity index (χ1) is 9.63. The van der Waals surface area contributed by atoms with Crippen LogP contribution in [0, 0.1) is 0 Å². The van der Waals surface area contributed by atoms with Gasteiger partial charge in [0.1, 0.15) is 0 Å². The molecule has 4 nitrogen and oxygen atoms in total. The van der Waals surface area contributed by atoms with E-state index in [0.29, 0.717) is 24.4 Å². The second-order valence-electron chi connectivity index (χ2n) is 6.24. The molecule has 1 aliphatic heterocycles. The SMILES string of the molecule is CCCNC1CC(OC2CC(C)OC(C)C2)C1OCC. The molecule has 4 heteroatoms. The van der Waals surface area contributed by atoms with E-state index in [4.69, 9.17) is 14.2 Å². The molecule has 2 rings (SSSR count). The molecule has 0 bridgehead atoms. The van der Waals surface area contributed by atoms with Crippen LogP contribution in [0.3, 0.4) is 0 Å². The average molecular weight is 285 g/mol. The molecule has 5 unspecified atom stereocenters. The summed E-state index contributed by atoms with van der Waals surface area (Å²) in [6.07, 6.45) is 5.67. The van der Waals surface area contributed by atoms with Gasteiger partial charge in [-0.05, 0) is 53.0 Å². The zero-order valence-corrected chi connectivity index (χ0v) is 13.4. The van der Waals surface area contributed by atoms with Gasteiger partial charge in [0.05, 0.1) is 30.5 Å². The Kier molecular flexibility index (Phi) is 6.27. The molecule has 2 aliphatic rings. The summed E-state index contributed by atoms with van der Waals surface area (Å²) >= 11 is 0. The topological polar surface area (TPSA) is 39.7 Å². The van der Waals surface area contributed by atoms with Gasteiger partial charge in [0.15, 0.2) is 0 Å². The van der Waals surface area contributed by atoms with Crippen LogP contribution >= 0.6 is 0 Å². The van der Waals surface area contributed by atoms with E-state index in [0.717, 1.165) is 38.8 Å². The molecule has 0 aromatic carbocycles. The third-order valence-corrected chi connectivity index (χ3v) is 4.29. The smallest absolute Gasteiger partial charge is 0.0990 e. The maximum atomic E-state index is 6.30. The number of rotatable bonds is 7. The Hall–Kier alpha value is -0.160. The van der Waals surface area contributed by atoms with E-state index in [1.54, 1.807) is 0 Å². The molecular weight excluding hydrogens is 254 g/mol. The van der Waals surface area contributed by atoms with Crippen LogP contribution in [-0.2, 0) is 14.2 Å². The zero-order valence-electron chi connectivity index (χ0n) is 13.4. The van der Waals surface area contributed by atoms with Crippen molar-refractivity contribution in [3.05, 3.63) is 0 Å². The van der Waals surface area contributed by atoms with E-state index in [9.17, 15) is 0 Å². The fraction of sp³-hybridized carbons (Fsp3) is 1.00. The quantitative estimate of drug-likeness (QED) is 0.780. The van der Waals surface area contributed by atoms with Crippen molar-refractivity contribution in [2.24, 2.45) is 0 Å². The highest BCUT2D eigenvalue weighted by molar-refractivity contribution is 4.98. The summed E-state index contributed by atoms with van der Waals surface area (Å²) in [6, 6.07) is 0.467. The molecule has 0 aromatic heterocycles. The molecule has 1 saturated heterocycles. The van der Waals surface area contributed by atoms with Gasteiger partial charge in [-0.25, -0.2) is 0 Å². The predicted molar refractivity (Wildman–Crippen MR) is 80.0 cm³/mol. The molecule has 1 N–H and O–H groups in total. The van der Waals surface area contributed by atoms with Crippen molar-refractivity contribution in [3.63, 3.8) is 0 Å². The van der Waals surface area contributed by atoms with Gasteiger partial charge in [-0.3, -0.25) is 0 Å². The third kappa shape index (κ3) is 4.17. The zero-order chi connectivity index (χ0) is 14.5. The van der Waals surface area contributed by atoms with E-state index in [1.165, 1.54) is 0 Å².